The summed E-state index contributed by atoms with van der Waals surface area (Å²) in [4.78, 5) is 16.8. The lowest BCUT2D eigenvalue weighted by Crippen LogP contribution is -2.20. The first-order valence-corrected chi connectivity index (χ1v) is 7.48. The molecule has 0 bridgehead atoms. The molecule has 1 unspecified atom stereocenters. The molecule has 3 heteroatoms. The second-order valence-corrected chi connectivity index (χ2v) is 5.27. The van der Waals surface area contributed by atoms with Crippen molar-refractivity contribution in [2.45, 2.75) is 19.3 Å². The highest BCUT2D eigenvalue weighted by Crippen LogP contribution is 2.23. The van der Waals surface area contributed by atoms with E-state index in [0.717, 1.165) is 28.6 Å². The Morgan fingerprint density at radius 3 is 2.68 bits per heavy atom. The molecule has 0 fully saturated rings. The van der Waals surface area contributed by atoms with Crippen molar-refractivity contribution in [3.05, 3.63) is 72.4 Å². The summed E-state index contributed by atoms with van der Waals surface area (Å²) in [7, 11) is 0. The van der Waals surface area contributed by atoms with Crippen LogP contribution in [0.2, 0.25) is 0 Å². The zero-order valence-electron chi connectivity index (χ0n) is 12.5. The Balaban J connectivity index is 1.82. The van der Waals surface area contributed by atoms with Crippen LogP contribution in [0.1, 0.15) is 24.8 Å². The van der Waals surface area contributed by atoms with Crippen LogP contribution in [0, 0.1) is 0 Å². The number of hydrogen-bond donors (Lipinski definition) is 1. The first-order valence-electron chi connectivity index (χ1n) is 7.48. The zero-order valence-corrected chi connectivity index (χ0v) is 12.5. The lowest BCUT2D eigenvalue weighted by molar-refractivity contribution is -0.117. The van der Waals surface area contributed by atoms with E-state index in [0.29, 0.717) is 0 Å². The summed E-state index contributed by atoms with van der Waals surface area (Å²) in [5.41, 5.74) is 2.78. The third kappa shape index (κ3) is 2.98. The van der Waals surface area contributed by atoms with Crippen LogP contribution in [0.5, 0.6) is 0 Å². The predicted octanol–water partition coefficient (Wildman–Crippen LogP) is 4.37. The molecule has 1 atom stereocenters. The van der Waals surface area contributed by atoms with Gasteiger partial charge in [-0.1, -0.05) is 43.3 Å². The summed E-state index contributed by atoms with van der Waals surface area (Å²) in [5.74, 6) is -0.109. The van der Waals surface area contributed by atoms with E-state index < -0.39 is 0 Å². The first kappa shape index (κ1) is 14.3. The van der Waals surface area contributed by atoms with Gasteiger partial charge in [-0.2, -0.15) is 0 Å². The summed E-state index contributed by atoms with van der Waals surface area (Å²) < 4.78 is 0. The maximum Gasteiger partial charge on any atom is 0.231 e. The fourth-order valence-corrected chi connectivity index (χ4v) is 2.64. The van der Waals surface area contributed by atoms with Gasteiger partial charge >= 0.3 is 0 Å². The number of amides is 1. The monoisotopic (exact) mass is 290 g/mol. The molecule has 1 N–H and O–H groups in total. The number of hydrogen-bond acceptors (Lipinski definition) is 2. The van der Waals surface area contributed by atoms with Crippen molar-refractivity contribution in [2.75, 3.05) is 5.32 Å². The largest absolute Gasteiger partial charge is 0.326 e. The van der Waals surface area contributed by atoms with Crippen LogP contribution < -0.4 is 5.32 Å². The molecular formula is C19H18N2O. The SMILES string of the molecule is CCC(C(=O)Nc1ccc2ncccc2c1)c1ccccc1. The number of fused-ring (bicyclic) bond motifs is 1. The van der Waals surface area contributed by atoms with Crippen molar-refractivity contribution in [3.63, 3.8) is 0 Å². The van der Waals surface area contributed by atoms with E-state index >= 15 is 0 Å². The highest BCUT2D eigenvalue weighted by Gasteiger charge is 2.18. The molecule has 110 valence electrons. The molecule has 1 heterocycles. The van der Waals surface area contributed by atoms with Gasteiger partial charge in [-0.15, -0.1) is 0 Å². The Hall–Kier alpha value is -2.68. The minimum Gasteiger partial charge on any atom is -0.326 e. The van der Waals surface area contributed by atoms with Gasteiger partial charge in [-0.25, -0.2) is 0 Å². The Morgan fingerprint density at radius 2 is 1.91 bits per heavy atom. The standard InChI is InChI=1S/C19H18N2O/c1-2-17(14-7-4-3-5-8-14)19(22)21-16-10-11-18-15(13-16)9-6-12-20-18/h3-13,17H,2H2,1H3,(H,21,22). The van der Waals surface area contributed by atoms with Crippen LogP contribution in [0.25, 0.3) is 10.9 Å². The van der Waals surface area contributed by atoms with Crippen molar-refractivity contribution in [1.82, 2.24) is 4.98 Å². The predicted molar refractivity (Wildman–Crippen MR) is 89.8 cm³/mol. The van der Waals surface area contributed by atoms with Gasteiger partial charge in [0.2, 0.25) is 5.91 Å². The summed E-state index contributed by atoms with van der Waals surface area (Å²) >= 11 is 0. The molecule has 1 aromatic heterocycles. The number of nitrogens with one attached hydrogen (secondary N) is 1. The lowest BCUT2D eigenvalue weighted by Gasteiger charge is -2.15. The third-order valence-corrected chi connectivity index (χ3v) is 3.80. The van der Waals surface area contributed by atoms with Gasteiger partial charge in [0.15, 0.2) is 0 Å². The van der Waals surface area contributed by atoms with Crippen LogP contribution in [0.4, 0.5) is 5.69 Å². The Labute approximate surface area is 130 Å². The molecule has 0 radical (unpaired) electrons. The molecule has 3 nitrogen and oxygen atoms in total. The second-order valence-electron chi connectivity index (χ2n) is 5.27. The molecule has 3 rings (SSSR count). The molecular weight excluding hydrogens is 272 g/mol. The number of rotatable bonds is 4. The molecule has 0 aliphatic heterocycles. The Bertz CT molecular complexity index is 784. The fraction of sp³-hybridized carbons (Fsp3) is 0.158. The number of aromatic nitrogens is 1. The van der Waals surface area contributed by atoms with Crippen LogP contribution in [-0.4, -0.2) is 10.9 Å². The van der Waals surface area contributed by atoms with E-state index in [1.54, 1.807) is 6.20 Å². The fourth-order valence-electron chi connectivity index (χ4n) is 2.64. The van der Waals surface area contributed by atoms with Crippen molar-refractivity contribution in [2.24, 2.45) is 0 Å². The molecule has 0 aliphatic carbocycles. The number of carbonyl (C=O) groups is 1. The smallest absolute Gasteiger partial charge is 0.231 e. The minimum atomic E-state index is -0.134. The van der Waals surface area contributed by atoms with E-state index in [4.69, 9.17) is 0 Å². The van der Waals surface area contributed by atoms with Crippen LogP contribution in [0.3, 0.4) is 0 Å². The van der Waals surface area contributed by atoms with Gasteiger partial charge in [0.05, 0.1) is 11.4 Å². The molecule has 22 heavy (non-hydrogen) atoms. The van der Waals surface area contributed by atoms with Gasteiger partial charge in [0.1, 0.15) is 0 Å². The summed E-state index contributed by atoms with van der Waals surface area (Å²) in [6.45, 7) is 2.03. The van der Waals surface area contributed by atoms with Crippen molar-refractivity contribution < 1.29 is 4.79 Å². The maximum atomic E-state index is 12.6. The van der Waals surface area contributed by atoms with Gasteiger partial charge in [0.25, 0.3) is 0 Å². The molecule has 1 amide bonds. The van der Waals surface area contributed by atoms with Crippen molar-refractivity contribution in [3.8, 4) is 0 Å². The number of carbonyl (C=O) groups excluding carboxylic acids is 1. The van der Waals surface area contributed by atoms with E-state index in [-0.39, 0.29) is 11.8 Å². The molecule has 0 spiro atoms. The van der Waals surface area contributed by atoms with Gasteiger partial charge in [-0.3, -0.25) is 9.78 Å². The number of benzene rings is 2. The summed E-state index contributed by atoms with van der Waals surface area (Å²) in [6, 6.07) is 19.6. The third-order valence-electron chi connectivity index (χ3n) is 3.80. The van der Waals surface area contributed by atoms with Crippen LogP contribution >= 0.6 is 0 Å². The average molecular weight is 290 g/mol. The topological polar surface area (TPSA) is 42.0 Å². The highest BCUT2D eigenvalue weighted by molar-refractivity contribution is 5.97. The average Bonchev–Trinajstić information content (AvgIpc) is 2.56. The van der Waals surface area contributed by atoms with E-state index in [9.17, 15) is 4.79 Å². The number of anilines is 1. The lowest BCUT2D eigenvalue weighted by atomic mass is 9.95. The summed E-state index contributed by atoms with van der Waals surface area (Å²) in [5, 5.41) is 4.04. The highest BCUT2D eigenvalue weighted by atomic mass is 16.1. The van der Waals surface area contributed by atoms with E-state index in [2.05, 4.69) is 10.3 Å². The van der Waals surface area contributed by atoms with Crippen molar-refractivity contribution in [1.29, 1.82) is 0 Å². The minimum absolute atomic E-state index is 0.0249. The van der Waals surface area contributed by atoms with Crippen molar-refractivity contribution >= 4 is 22.5 Å². The van der Waals surface area contributed by atoms with Crippen LogP contribution in [-0.2, 0) is 4.79 Å². The van der Waals surface area contributed by atoms with Gasteiger partial charge in [-0.05, 0) is 36.2 Å². The molecule has 0 saturated heterocycles. The molecule has 0 aliphatic rings. The maximum absolute atomic E-state index is 12.6. The molecule has 0 saturated carbocycles. The second kappa shape index (κ2) is 6.39. The normalized spacial score (nSPS) is 12.0. The molecule has 2 aromatic carbocycles. The first-order chi connectivity index (χ1) is 10.8. The van der Waals surface area contributed by atoms with E-state index in [1.807, 2.05) is 67.6 Å². The van der Waals surface area contributed by atoms with Gasteiger partial charge < -0.3 is 5.32 Å². The zero-order chi connectivity index (χ0) is 15.4. The van der Waals surface area contributed by atoms with E-state index in [1.165, 1.54) is 0 Å². The number of nitrogens with zero attached hydrogens (tertiary/aromatic N) is 1. The number of pyridine rings is 1. The Kier molecular flexibility index (Phi) is 4.15. The van der Waals surface area contributed by atoms with Gasteiger partial charge in [0, 0.05) is 17.3 Å². The molecule has 3 aromatic rings. The quantitative estimate of drug-likeness (QED) is 0.775. The van der Waals surface area contributed by atoms with Crippen LogP contribution in [0.15, 0.2) is 66.9 Å². The summed E-state index contributed by atoms with van der Waals surface area (Å²) in [6.07, 6.45) is 2.54. The Morgan fingerprint density at radius 1 is 1.09 bits per heavy atom.